The van der Waals surface area contributed by atoms with Crippen LogP contribution in [0.25, 0.3) is 78.3 Å². The molecule has 0 aliphatic heterocycles. The molecule has 0 N–H and O–H groups in total. The molecule has 0 saturated heterocycles. The molecule has 0 spiro atoms. The van der Waals surface area contributed by atoms with Crippen LogP contribution in [0.4, 0.5) is 0 Å². The number of aromatic nitrogens is 3. The molecule has 0 amide bonds. The van der Waals surface area contributed by atoms with E-state index >= 15 is 0 Å². The monoisotopic (exact) mass is 1060 g/mol. The van der Waals surface area contributed by atoms with Crippen LogP contribution in [0, 0.1) is 40.9 Å². The van der Waals surface area contributed by atoms with Crippen molar-refractivity contribution in [2.75, 3.05) is 0 Å². The van der Waals surface area contributed by atoms with E-state index in [9.17, 15) is 10.5 Å². The predicted molar refractivity (Wildman–Crippen MR) is 272 cm³/mol. The largest absolute Gasteiger partial charge is 3.00 e. The first-order valence-corrected chi connectivity index (χ1v) is 22.7. The Morgan fingerprint density at radius 3 is 1.36 bits per heavy atom. The maximum Gasteiger partial charge on any atom is 3.00 e. The third-order valence-electron chi connectivity index (χ3n) is 12.3. The summed E-state index contributed by atoms with van der Waals surface area (Å²) in [6.07, 6.45) is 8.92. The fraction of sp³-hybridized carbons (Fsp3) is 0.0635. The maximum absolute atomic E-state index is 9.72. The van der Waals surface area contributed by atoms with E-state index in [4.69, 9.17) is 0 Å². The molecule has 0 aliphatic rings. The van der Waals surface area contributed by atoms with Crippen LogP contribution in [0.5, 0.6) is 0 Å². The second-order valence-electron chi connectivity index (χ2n) is 16.7. The summed E-state index contributed by atoms with van der Waals surface area (Å²) in [7, 11) is 0. The molecular formula is C63H42IrN5. The van der Waals surface area contributed by atoms with E-state index in [0.717, 1.165) is 104 Å². The van der Waals surface area contributed by atoms with Crippen molar-refractivity contribution in [2.24, 2.45) is 0 Å². The zero-order chi connectivity index (χ0) is 46.1. The molecule has 328 valence electrons. The van der Waals surface area contributed by atoms with E-state index in [2.05, 4.69) is 161 Å². The average Bonchev–Trinajstić information content (AvgIpc) is 3.42. The van der Waals surface area contributed by atoms with Gasteiger partial charge in [0.1, 0.15) is 12.1 Å². The van der Waals surface area contributed by atoms with Crippen molar-refractivity contribution in [3.05, 3.63) is 258 Å². The number of rotatable bonds is 13. The summed E-state index contributed by atoms with van der Waals surface area (Å²) in [5, 5.41) is 19.2. The topological polar surface area (TPSA) is 86.2 Å². The number of hydrogen-bond donors (Lipinski definition) is 0. The summed E-state index contributed by atoms with van der Waals surface area (Å²) in [5.41, 5.74) is 19.6. The molecule has 0 radical (unpaired) electrons. The van der Waals surface area contributed by atoms with Crippen molar-refractivity contribution in [1.82, 2.24) is 15.0 Å². The van der Waals surface area contributed by atoms with Crippen LogP contribution < -0.4 is 0 Å². The molecular weight excluding hydrogens is 1020 g/mol. The molecule has 69 heavy (non-hydrogen) atoms. The molecule has 3 aromatic heterocycles. The van der Waals surface area contributed by atoms with Gasteiger partial charge in [-0.05, 0) is 99.2 Å². The summed E-state index contributed by atoms with van der Waals surface area (Å²) in [6, 6.07) is 79.3. The second kappa shape index (κ2) is 21.5. The van der Waals surface area contributed by atoms with Gasteiger partial charge in [-0.1, -0.05) is 139 Å². The number of nitrogens with zero attached hydrogens (tertiary/aromatic N) is 5. The first-order valence-electron chi connectivity index (χ1n) is 22.7. The third-order valence-corrected chi connectivity index (χ3v) is 12.3. The quantitative estimate of drug-likeness (QED) is 0.107. The molecule has 0 unspecified atom stereocenters. The van der Waals surface area contributed by atoms with Crippen molar-refractivity contribution in [1.29, 1.82) is 10.5 Å². The standard InChI is InChI=1S/C63H42N5.Ir/c64-42-54-31-30-52(40-56(54)43-65)48-26-28-49(29-27-48)60-41-53(63-13-5-8-36-68-63)32-33-59(60)58-10-2-1-9-57(58)55-38-46(16-14-44-18-22-50(23-19-44)61-11-3-6-34-66-61)37-47(39-55)17-15-45-20-24-51(25-21-45)62-12-4-7-35-67-62;/h1-13,18-22,24,26-31,33-41H,14-17H2;/q-3;+3. The van der Waals surface area contributed by atoms with Crippen molar-refractivity contribution in [2.45, 2.75) is 25.7 Å². The van der Waals surface area contributed by atoms with E-state index in [1.54, 1.807) is 12.1 Å². The molecule has 0 bridgehead atoms. The fourth-order valence-electron chi connectivity index (χ4n) is 8.72. The fourth-order valence-corrected chi connectivity index (χ4v) is 8.72. The first kappa shape index (κ1) is 45.8. The predicted octanol–water partition coefficient (Wildman–Crippen LogP) is 14.3. The minimum Gasteiger partial charge on any atom is -0.305 e. The first-order chi connectivity index (χ1) is 33.6. The molecule has 0 atom stereocenters. The van der Waals surface area contributed by atoms with Crippen molar-refractivity contribution in [3.63, 3.8) is 0 Å². The minimum atomic E-state index is 0. The zero-order valence-corrected chi connectivity index (χ0v) is 39.9. The van der Waals surface area contributed by atoms with Gasteiger partial charge >= 0.3 is 20.1 Å². The molecule has 6 heteroatoms. The van der Waals surface area contributed by atoms with Crippen LogP contribution in [-0.2, 0) is 45.8 Å². The molecule has 0 aliphatic carbocycles. The number of benzene rings is 7. The van der Waals surface area contributed by atoms with Crippen LogP contribution in [0.15, 0.2) is 207 Å². The molecule has 0 saturated carbocycles. The number of nitriles is 2. The van der Waals surface area contributed by atoms with Crippen molar-refractivity contribution < 1.29 is 20.1 Å². The van der Waals surface area contributed by atoms with Gasteiger partial charge < -0.3 is 15.0 Å². The van der Waals surface area contributed by atoms with E-state index < -0.39 is 0 Å². The molecule has 10 aromatic rings. The van der Waals surface area contributed by atoms with Gasteiger partial charge in [0.2, 0.25) is 0 Å². The van der Waals surface area contributed by atoms with Gasteiger partial charge in [-0.3, -0.25) is 0 Å². The van der Waals surface area contributed by atoms with E-state index in [0.29, 0.717) is 11.1 Å². The van der Waals surface area contributed by atoms with Gasteiger partial charge in [-0.25, -0.2) is 0 Å². The summed E-state index contributed by atoms with van der Waals surface area (Å²) in [4.78, 5) is 13.7. The Kier molecular flexibility index (Phi) is 14.3. The summed E-state index contributed by atoms with van der Waals surface area (Å²) >= 11 is 0. The minimum absolute atomic E-state index is 0. The Hall–Kier alpha value is -8.38. The maximum atomic E-state index is 9.72. The summed E-state index contributed by atoms with van der Waals surface area (Å²) in [5.74, 6) is 0. The molecule has 10 rings (SSSR count). The van der Waals surface area contributed by atoms with Crippen molar-refractivity contribution >= 4 is 0 Å². The van der Waals surface area contributed by atoms with E-state index in [-0.39, 0.29) is 20.1 Å². The van der Waals surface area contributed by atoms with E-state index in [1.165, 1.54) is 22.3 Å². The van der Waals surface area contributed by atoms with Crippen LogP contribution in [0.2, 0.25) is 0 Å². The Bertz CT molecular complexity index is 3330. The van der Waals surface area contributed by atoms with Gasteiger partial charge in [0.15, 0.2) is 0 Å². The van der Waals surface area contributed by atoms with Crippen LogP contribution in [-0.4, -0.2) is 15.0 Å². The van der Waals surface area contributed by atoms with Crippen LogP contribution in [0.3, 0.4) is 0 Å². The SMILES string of the molecule is N#Cc1ccc(-c2ccc(-c3cc(-c4ccccn4)[c-]cc3-c3ccccc3-c3cc(CCc4c[c-]c(-c5ccccn5)cc4)cc(CCc4c[c-]c(-c5ccccn5)cc4)c3)cc2)cc1C#N.[Ir+3]. The zero-order valence-electron chi connectivity index (χ0n) is 37.5. The average molecular weight is 1060 g/mol. The molecule has 5 nitrogen and oxygen atoms in total. The van der Waals surface area contributed by atoms with Gasteiger partial charge in [-0.15, -0.1) is 94.5 Å². The second-order valence-corrected chi connectivity index (χ2v) is 16.7. The molecule has 3 heterocycles. The molecule has 7 aromatic carbocycles. The normalized spacial score (nSPS) is 10.7. The molecule has 0 fully saturated rings. The summed E-state index contributed by atoms with van der Waals surface area (Å²) < 4.78 is 0. The Morgan fingerprint density at radius 2 is 0.841 bits per heavy atom. The van der Waals surface area contributed by atoms with Gasteiger partial charge in [-0.2, -0.15) is 10.5 Å². The van der Waals surface area contributed by atoms with Crippen LogP contribution in [0.1, 0.15) is 33.4 Å². The summed E-state index contributed by atoms with van der Waals surface area (Å²) in [6.45, 7) is 0. The number of hydrogen-bond acceptors (Lipinski definition) is 5. The van der Waals surface area contributed by atoms with Gasteiger partial charge in [0, 0.05) is 18.6 Å². The third kappa shape index (κ3) is 10.6. The van der Waals surface area contributed by atoms with Crippen molar-refractivity contribution in [3.8, 4) is 90.4 Å². The number of pyridine rings is 3. The smallest absolute Gasteiger partial charge is 0.305 e. The van der Waals surface area contributed by atoms with Gasteiger partial charge in [0.05, 0.1) is 11.1 Å². The van der Waals surface area contributed by atoms with E-state index in [1.807, 2.05) is 79.3 Å². The Labute approximate surface area is 417 Å². The van der Waals surface area contributed by atoms with Crippen LogP contribution >= 0.6 is 0 Å². The Balaban J connectivity index is 0.00000593. The van der Waals surface area contributed by atoms with Gasteiger partial charge in [0.25, 0.3) is 0 Å². The Morgan fingerprint density at radius 1 is 0.348 bits per heavy atom. The number of aryl methyl sites for hydroxylation is 4.